The number of amides is 1. The second kappa shape index (κ2) is 10.6. The van der Waals surface area contributed by atoms with E-state index in [2.05, 4.69) is 5.32 Å². The Labute approximate surface area is 208 Å². The van der Waals surface area contributed by atoms with Crippen LogP contribution in [0.5, 0.6) is 0 Å². The van der Waals surface area contributed by atoms with Crippen LogP contribution < -0.4 is 5.32 Å². The summed E-state index contributed by atoms with van der Waals surface area (Å²) in [4.78, 5) is 12.6. The molecular weight excluding hydrogens is 465 g/mol. The summed E-state index contributed by atoms with van der Waals surface area (Å²) in [5.41, 5.74) is 1.03. The van der Waals surface area contributed by atoms with E-state index in [1.165, 1.54) is 0 Å². The minimum absolute atomic E-state index is 0.103. The third kappa shape index (κ3) is 6.54. The van der Waals surface area contributed by atoms with Crippen LogP contribution in [0.1, 0.15) is 52.7 Å². The number of benzene rings is 2. The van der Waals surface area contributed by atoms with Crippen LogP contribution in [0.3, 0.4) is 0 Å². The third-order valence-corrected chi connectivity index (χ3v) is 8.52. The van der Waals surface area contributed by atoms with Crippen LogP contribution in [0.2, 0.25) is 0 Å². The van der Waals surface area contributed by atoms with Crippen molar-refractivity contribution in [3.8, 4) is 0 Å². The van der Waals surface area contributed by atoms with Gasteiger partial charge in [-0.05, 0) is 70.3 Å². The van der Waals surface area contributed by atoms with Crippen molar-refractivity contribution in [2.75, 3.05) is 6.54 Å². The standard InChI is InChI=1S/C26H34BNO6S/c1-19(2)35(30,31)23-14-10-13-21(16-23)15-22(27-33-25(3,4)26(5,6)34-27)17-28-24(29)32-18-20-11-8-7-9-12-20/h7-16,19H,17-18H2,1-6H3,(H,28,29). The molecule has 3 rings (SSSR count). The number of hydrogen-bond donors (Lipinski definition) is 1. The monoisotopic (exact) mass is 499 g/mol. The number of nitrogens with one attached hydrogen (secondary N) is 1. The summed E-state index contributed by atoms with van der Waals surface area (Å²) in [6.07, 6.45) is 1.21. The first-order chi connectivity index (χ1) is 16.3. The molecule has 0 unspecified atom stereocenters. The summed E-state index contributed by atoms with van der Waals surface area (Å²) in [6.45, 7) is 11.3. The fourth-order valence-electron chi connectivity index (χ4n) is 3.41. The molecule has 7 nitrogen and oxygen atoms in total. The van der Waals surface area contributed by atoms with Crippen molar-refractivity contribution < 1.29 is 27.3 Å². The lowest BCUT2D eigenvalue weighted by Crippen LogP contribution is -2.41. The third-order valence-electron chi connectivity index (χ3n) is 6.36. The van der Waals surface area contributed by atoms with E-state index in [0.717, 1.165) is 5.56 Å². The summed E-state index contributed by atoms with van der Waals surface area (Å²) in [6, 6.07) is 16.1. The predicted molar refractivity (Wildman–Crippen MR) is 137 cm³/mol. The number of hydrogen-bond acceptors (Lipinski definition) is 6. The van der Waals surface area contributed by atoms with E-state index < -0.39 is 39.5 Å². The van der Waals surface area contributed by atoms with Crippen LogP contribution in [0.15, 0.2) is 65.0 Å². The van der Waals surface area contributed by atoms with Crippen molar-refractivity contribution >= 4 is 29.1 Å². The Morgan fingerprint density at radius 3 is 2.26 bits per heavy atom. The average Bonchev–Trinajstić information content (AvgIpc) is 3.02. The van der Waals surface area contributed by atoms with E-state index in [-0.39, 0.29) is 18.0 Å². The van der Waals surface area contributed by atoms with Gasteiger partial charge in [0.1, 0.15) is 6.61 Å². The van der Waals surface area contributed by atoms with Crippen LogP contribution in [0, 0.1) is 0 Å². The summed E-state index contributed by atoms with van der Waals surface area (Å²) < 4.78 is 43.0. The maximum absolute atomic E-state index is 12.7. The zero-order chi connectivity index (χ0) is 25.9. The zero-order valence-electron chi connectivity index (χ0n) is 21.2. The molecule has 1 fully saturated rings. The van der Waals surface area contributed by atoms with Crippen molar-refractivity contribution in [1.82, 2.24) is 5.32 Å². The van der Waals surface area contributed by atoms with Gasteiger partial charge in [0.05, 0.1) is 21.3 Å². The van der Waals surface area contributed by atoms with Gasteiger partial charge >= 0.3 is 13.2 Å². The van der Waals surface area contributed by atoms with Crippen molar-refractivity contribution in [2.45, 2.75) is 69.5 Å². The van der Waals surface area contributed by atoms with E-state index in [1.807, 2.05) is 58.0 Å². The fraction of sp³-hybridized carbons (Fsp3) is 0.423. The molecule has 2 aromatic rings. The number of carbonyl (C=O) groups excluding carboxylic acids is 1. The highest BCUT2D eigenvalue weighted by Gasteiger charge is 2.52. The highest BCUT2D eigenvalue weighted by atomic mass is 32.2. The number of carbonyl (C=O) groups is 1. The van der Waals surface area contributed by atoms with Crippen molar-refractivity contribution in [1.29, 1.82) is 0 Å². The molecule has 2 aromatic carbocycles. The largest absolute Gasteiger partial charge is 0.492 e. The van der Waals surface area contributed by atoms with Gasteiger partial charge in [0.25, 0.3) is 0 Å². The Bertz CT molecular complexity index is 1160. The summed E-state index contributed by atoms with van der Waals surface area (Å²) in [5, 5.41) is 2.22. The lowest BCUT2D eigenvalue weighted by Gasteiger charge is -2.32. The van der Waals surface area contributed by atoms with E-state index in [1.54, 1.807) is 44.2 Å². The number of sulfone groups is 1. The van der Waals surface area contributed by atoms with Gasteiger partial charge < -0.3 is 19.4 Å². The number of alkyl carbamates (subject to hydrolysis) is 1. The molecule has 1 aliphatic rings. The SMILES string of the molecule is CC(C)S(=O)(=O)c1cccc(C=C(CNC(=O)OCc2ccccc2)B2OC(C)(C)C(C)(C)O2)c1. The van der Waals surface area contributed by atoms with E-state index >= 15 is 0 Å². The molecule has 1 heterocycles. The highest BCUT2D eigenvalue weighted by molar-refractivity contribution is 7.92. The summed E-state index contributed by atoms with van der Waals surface area (Å²) in [5.74, 6) is 0. The van der Waals surface area contributed by atoms with Gasteiger partial charge in [0.2, 0.25) is 0 Å². The van der Waals surface area contributed by atoms with Gasteiger partial charge in [-0.2, -0.15) is 0 Å². The highest BCUT2D eigenvalue weighted by Crippen LogP contribution is 2.38. The molecule has 0 aromatic heterocycles. The van der Waals surface area contributed by atoms with Crippen molar-refractivity contribution in [2.24, 2.45) is 0 Å². The van der Waals surface area contributed by atoms with Crippen molar-refractivity contribution in [3.63, 3.8) is 0 Å². The minimum atomic E-state index is -3.43. The number of rotatable bonds is 8. The van der Waals surface area contributed by atoms with E-state index in [0.29, 0.717) is 11.0 Å². The first kappa shape index (κ1) is 27.0. The Morgan fingerprint density at radius 2 is 1.66 bits per heavy atom. The second-order valence-corrected chi connectivity index (χ2v) is 12.4. The lowest BCUT2D eigenvalue weighted by molar-refractivity contribution is 0.00578. The van der Waals surface area contributed by atoms with Crippen LogP contribution in [0.25, 0.3) is 6.08 Å². The molecule has 188 valence electrons. The first-order valence-corrected chi connectivity index (χ1v) is 13.2. The normalized spacial score (nSPS) is 17.5. The minimum Gasteiger partial charge on any atom is -0.445 e. The second-order valence-electron chi connectivity index (χ2n) is 9.89. The van der Waals surface area contributed by atoms with Crippen LogP contribution >= 0.6 is 0 Å². The smallest absolute Gasteiger partial charge is 0.445 e. The molecule has 1 amide bonds. The molecule has 9 heteroatoms. The molecule has 0 radical (unpaired) electrons. The van der Waals surface area contributed by atoms with E-state index in [4.69, 9.17) is 14.0 Å². The van der Waals surface area contributed by atoms with E-state index in [9.17, 15) is 13.2 Å². The molecule has 1 N–H and O–H groups in total. The Hall–Kier alpha value is -2.62. The lowest BCUT2D eigenvalue weighted by atomic mass is 9.77. The molecule has 0 spiro atoms. The van der Waals surface area contributed by atoms with Gasteiger partial charge in [0, 0.05) is 6.54 Å². The van der Waals surface area contributed by atoms with Gasteiger partial charge in [-0.25, -0.2) is 13.2 Å². The summed E-state index contributed by atoms with van der Waals surface area (Å²) in [7, 11) is -4.15. The zero-order valence-corrected chi connectivity index (χ0v) is 22.0. The quantitative estimate of drug-likeness (QED) is 0.525. The molecular formula is C26H34BNO6S. The number of ether oxygens (including phenoxy) is 1. The van der Waals surface area contributed by atoms with Gasteiger partial charge in [0.15, 0.2) is 9.84 Å². The molecule has 0 atom stereocenters. The first-order valence-electron chi connectivity index (χ1n) is 11.7. The maximum Gasteiger partial charge on any atom is 0.492 e. The molecule has 0 bridgehead atoms. The predicted octanol–water partition coefficient (Wildman–Crippen LogP) is 4.81. The molecule has 1 aliphatic heterocycles. The van der Waals surface area contributed by atoms with Crippen LogP contribution in [-0.2, 0) is 30.5 Å². The Kier molecular flexibility index (Phi) is 8.14. The maximum atomic E-state index is 12.7. The van der Waals surface area contributed by atoms with Crippen LogP contribution in [0.4, 0.5) is 4.79 Å². The average molecular weight is 499 g/mol. The molecule has 1 saturated heterocycles. The van der Waals surface area contributed by atoms with Gasteiger partial charge in [-0.15, -0.1) is 0 Å². The molecule has 35 heavy (non-hydrogen) atoms. The van der Waals surface area contributed by atoms with Crippen LogP contribution in [-0.4, -0.2) is 44.6 Å². The fourth-order valence-corrected chi connectivity index (χ4v) is 4.53. The molecule has 0 saturated carbocycles. The summed E-state index contributed by atoms with van der Waals surface area (Å²) >= 11 is 0. The van der Waals surface area contributed by atoms with Crippen molar-refractivity contribution in [3.05, 3.63) is 71.2 Å². The molecule has 0 aliphatic carbocycles. The Morgan fingerprint density at radius 1 is 1.03 bits per heavy atom. The topological polar surface area (TPSA) is 90.9 Å². The van der Waals surface area contributed by atoms with Gasteiger partial charge in [-0.3, -0.25) is 0 Å². The van der Waals surface area contributed by atoms with Gasteiger partial charge in [-0.1, -0.05) is 48.5 Å². The Balaban J connectivity index is 1.82.